The normalized spacial score (nSPS) is 10.9. The van der Waals surface area contributed by atoms with Crippen molar-refractivity contribution in [3.8, 4) is 11.1 Å². The van der Waals surface area contributed by atoms with Crippen LogP contribution in [0.4, 0.5) is 27.5 Å². The van der Waals surface area contributed by atoms with E-state index in [-0.39, 0.29) is 5.82 Å². The molecule has 8 nitrogen and oxygen atoms in total. The van der Waals surface area contributed by atoms with Gasteiger partial charge in [0.05, 0.1) is 5.52 Å². The molecule has 158 valence electrons. The molecule has 0 radical (unpaired) electrons. The maximum Gasteiger partial charge on any atom is 0.417 e. The molecular formula is C23H17FN6O2. The zero-order valence-corrected chi connectivity index (χ0v) is 16.9. The molecule has 3 aromatic heterocycles. The van der Waals surface area contributed by atoms with Gasteiger partial charge in [-0.25, -0.2) is 14.2 Å². The summed E-state index contributed by atoms with van der Waals surface area (Å²) < 4.78 is 19.7. The zero-order chi connectivity index (χ0) is 22.1. The van der Waals surface area contributed by atoms with Crippen LogP contribution in [0.3, 0.4) is 0 Å². The molecule has 0 fully saturated rings. The number of aryl methyl sites for hydroxylation is 1. The van der Waals surface area contributed by atoms with Gasteiger partial charge in [-0.15, -0.1) is 0 Å². The van der Waals surface area contributed by atoms with Crippen molar-refractivity contribution in [1.29, 1.82) is 0 Å². The van der Waals surface area contributed by atoms with E-state index in [1.807, 2.05) is 6.92 Å². The molecule has 0 saturated carbocycles. The topological polar surface area (TPSA) is 109 Å². The molecule has 5 rings (SSSR count). The van der Waals surface area contributed by atoms with Crippen LogP contribution in [0, 0.1) is 12.7 Å². The molecule has 0 saturated heterocycles. The van der Waals surface area contributed by atoms with Gasteiger partial charge in [0, 0.05) is 46.7 Å². The summed E-state index contributed by atoms with van der Waals surface area (Å²) in [6.07, 6.45) is 4.92. The lowest BCUT2D eigenvalue weighted by molar-refractivity contribution is 0.555. The van der Waals surface area contributed by atoms with Crippen LogP contribution in [0.1, 0.15) is 5.56 Å². The average Bonchev–Trinajstić information content (AvgIpc) is 3.16. The number of pyridine rings is 1. The van der Waals surface area contributed by atoms with E-state index in [2.05, 4.69) is 30.6 Å². The van der Waals surface area contributed by atoms with E-state index in [4.69, 9.17) is 4.42 Å². The molecule has 3 N–H and O–H groups in total. The lowest BCUT2D eigenvalue weighted by atomic mass is 10.1. The summed E-state index contributed by atoms with van der Waals surface area (Å²) >= 11 is 0. The lowest BCUT2D eigenvalue weighted by Gasteiger charge is -2.12. The molecule has 0 unspecified atom stereocenters. The van der Waals surface area contributed by atoms with Crippen LogP contribution in [0.15, 0.2) is 76.3 Å². The molecular weight excluding hydrogens is 411 g/mol. The Bertz CT molecular complexity index is 1480. The lowest BCUT2D eigenvalue weighted by Crippen LogP contribution is -2.03. The van der Waals surface area contributed by atoms with Crippen LogP contribution in [0.5, 0.6) is 0 Å². The maximum absolute atomic E-state index is 14.6. The number of aromatic amines is 1. The summed E-state index contributed by atoms with van der Waals surface area (Å²) in [7, 11) is 0. The summed E-state index contributed by atoms with van der Waals surface area (Å²) in [5.41, 5.74) is 4.26. The standard InChI is InChI=1S/C23H17FN6O2/c1-13-11-26-22(28-15-4-6-17(18(24)9-15)14-3-2-8-25-12-14)30-21(13)27-16-5-7-20-19(10-16)29-23(31)32-20/h2-12H,1H3,(H,29,31)(H2,26,27,28,30). The smallest absolute Gasteiger partial charge is 0.408 e. The summed E-state index contributed by atoms with van der Waals surface area (Å²) in [4.78, 5) is 26.8. The van der Waals surface area contributed by atoms with Crippen LogP contribution in [-0.4, -0.2) is 19.9 Å². The minimum absolute atomic E-state index is 0.310. The van der Waals surface area contributed by atoms with Crippen LogP contribution in [0.2, 0.25) is 0 Å². The molecule has 0 aliphatic carbocycles. The minimum Gasteiger partial charge on any atom is -0.408 e. The Morgan fingerprint density at radius 2 is 1.88 bits per heavy atom. The Labute approximate surface area is 181 Å². The summed E-state index contributed by atoms with van der Waals surface area (Å²) in [6.45, 7) is 1.87. The van der Waals surface area contributed by atoms with Crippen molar-refractivity contribution in [1.82, 2.24) is 19.9 Å². The molecule has 0 bridgehead atoms. The third-order valence-corrected chi connectivity index (χ3v) is 4.85. The van der Waals surface area contributed by atoms with Crippen LogP contribution in [-0.2, 0) is 0 Å². The van der Waals surface area contributed by atoms with E-state index in [0.29, 0.717) is 45.4 Å². The van der Waals surface area contributed by atoms with Gasteiger partial charge in [0.2, 0.25) is 5.95 Å². The summed E-state index contributed by atoms with van der Waals surface area (Å²) in [6, 6.07) is 13.6. The number of oxazole rings is 1. The average molecular weight is 428 g/mol. The predicted octanol–water partition coefficient (Wildman–Crippen LogP) is 4.91. The van der Waals surface area contributed by atoms with Gasteiger partial charge < -0.3 is 15.1 Å². The third kappa shape index (κ3) is 3.91. The number of rotatable bonds is 5. The van der Waals surface area contributed by atoms with Gasteiger partial charge >= 0.3 is 5.76 Å². The maximum atomic E-state index is 14.6. The number of nitrogens with zero attached hydrogens (tertiary/aromatic N) is 3. The number of benzene rings is 2. The van der Waals surface area contributed by atoms with Crippen molar-refractivity contribution >= 4 is 34.2 Å². The monoisotopic (exact) mass is 428 g/mol. The first kappa shape index (κ1) is 19.4. The second kappa shape index (κ2) is 7.95. The van der Waals surface area contributed by atoms with E-state index in [1.54, 1.807) is 61.1 Å². The van der Waals surface area contributed by atoms with E-state index in [0.717, 1.165) is 5.56 Å². The highest BCUT2D eigenvalue weighted by Crippen LogP contribution is 2.27. The molecule has 32 heavy (non-hydrogen) atoms. The number of anilines is 4. The van der Waals surface area contributed by atoms with E-state index >= 15 is 0 Å². The summed E-state index contributed by atoms with van der Waals surface area (Å²) in [5.74, 6) is -0.0101. The first-order valence-electron chi connectivity index (χ1n) is 9.76. The Morgan fingerprint density at radius 3 is 2.69 bits per heavy atom. The molecule has 0 spiro atoms. The van der Waals surface area contributed by atoms with Crippen molar-refractivity contribution in [3.05, 3.63) is 89.1 Å². The Balaban J connectivity index is 1.38. The number of hydrogen-bond donors (Lipinski definition) is 3. The Kier molecular flexibility index (Phi) is 4.83. The first-order chi connectivity index (χ1) is 15.5. The van der Waals surface area contributed by atoms with Gasteiger partial charge in [-0.05, 0) is 49.4 Å². The summed E-state index contributed by atoms with van der Waals surface area (Å²) in [5, 5.41) is 6.24. The van der Waals surface area contributed by atoms with Gasteiger partial charge in [-0.2, -0.15) is 4.98 Å². The quantitative estimate of drug-likeness (QED) is 0.365. The highest BCUT2D eigenvalue weighted by molar-refractivity contribution is 5.78. The number of aromatic nitrogens is 4. The van der Waals surface area contributed by atoms with Crippen LogP contribution < -0.4 is 16.4 Å². The molecule has 3 heterocycles. The molecule has 2 aromatic carbocycles. The number of fused-ring (bicyclic) bond motifs is 1. The van der Waals surface area contributed by atoms with Gasteiger partial charge in [0.25, 0.3) is 0 Å². The van der Waals surface area contributed by atoms with E-state index in [9.17, 15) is 9.18 Å². The fourth-order valence-corrected chi connectivity index (χ4v) is 3.27. The van der Waals surface area contributed by atoms with Crippen molar-refractivity contribution in [3.63, 3.8) is 0 Å². The van der Waals surface area contributed by atoms with Crippen molar-refractivity contribution in [2.45, 2.75) is 6.92 Å². The fraction of sp³-hybridized carbons (Fsp3) is 0.0435. The number of nitrogens with one attached hydrogen (secondary N) is 3. The third-order valence-electron chi connectivity index (χ3n) is 4.85. The molecule has 0 atom stereocenters. The highest BCUT2D eigenvalue weighted by Gasteiger charge is 2.10. The van der Waals surface area contributed by atoms with Crippen molar-refractivity contribution in [2.24, 2.45) is 0 Å². The predicted molar refractivity (Wildman–Crippen MR) is 120 cm³/mol. The first-order valence-corrected chi connectivity index (χ1v) is 9.76. The number of hydrogen-bond acceptors (Lipinski definition) is 7. The number of halogens is 1. The largest absolute Gasteiger partial charge is 0.417 e. The minimum atomic E-state index is -0.511. The van der Waals surface area contributed by atoms with Gasteiger partial charge in [-0.1, -0.05) is 6.07 Å². The van der Waals surface area contributed by atoms with Crippen LogP contribution in [0.25, 0.3) is 22.2 Å². The van der Waals surface area contributed by atoms with Gasteiger partial charge in [0.15, 0.2) is 5.58 Å². The number of H-pyrrole nitrogens is 1. The van der Waals surface area contributed by atoms with Crippen molar-refractivity contribution < 1.29 is 8.81 Å². The second-order valence-corrected chi connectivity index (χ2v) is 7.14. The van der Waals surface area contributed by atoms with Gasteiger partial charge in [-0.3, -0.25) is 9.97 Å². The Hall–Kier alpha value is -4.53. The van der Waals surface area contributed by atoms with Crippen molar-refractivity contribution in [2.75, 3.05) is 10.6 Å². The second-order valence-electron chi connectivity index (χ2n) is 7.14. The molecule has 0 aliphatic rings. The molecule has 0 aliphatic heterocycles. The zero-order valence-electron chi connectivity index (χ0n) is 16.9. The SMILES string of the molecule is Cc1cnc(Nc2ccc(-c3cccnc3)c(F)c2)nc1Nc1ccc2oc(=O)[nH]c2c1. The molecule has 5 aromatic rings. The van der Waals surface area contributed by atoms with E-state index < -0.39 is 5.76 Å². The van der Waals surface area contributed by atoms with Crippen LogP contribution >= 0.6 is 0 Å². The van der Waals surface area contributed by atoms with Gasteiger partial charge in [0.1, 0.15) is 11.6 Å². The molecule has 9 heteroatoms. The molecule has 0 amide bonds. The fourth-order valence-electron chi connectivity index (χ4n) is 3.27. The highest BCUT2D eigenvalue weighted by atomic mass is 19.1. The Morgan fingerprint density at radius 1 is 1.03 bits per heavy atom. The van der Waals surface area contributed by atoms with E-state index in [1.165, 1.54) is 6.07 Å².